The number of carbonyl (C=O) groups is 1. The van der Waals surface area contributed by atoms with Crippen LogP contribution in [-0.4, -0.2) is 39.2 Å². The predicted molar refractivity (Wildman–Crippen MR) is 34.8 cm³/mol. The van der Waals surface area contributed by atoms with E-state index in [0.29, 0.717) is 0 Å². The molecule has 6 heteroatoms. The summed E-state index contributed by atoms with van der Waals surface area (Å²) in [7, 11) is 0. The van der Waals surface area contributed by atoms with Gasteiger partial charge in [-0.3, -0.25) is 0 Å². The highest BCUT2D eigenvalue weighted by molar-refractivity contribution is 5.61. The summed E-state index contributed by atoms with van der Waals surface area (Å²) >= 11 is 0. The first-order valence-corrected chi connectivity index (χ1v) is 3.30. The summed E-state index contributed by atoms with van der Waals surface area (Å²) in [6.07, 6.45) is -3.02. The van der Waals surface area contributed by atoms with Gasteiger partial charge in [-0.1, -0.05) is 0 Å². The maximum absolute atomic E-state index is 10.5. The Labute approximate surface area is 68.3 Å². The number of ether oxygens (including phenoxy) is 2. The molecule has 1 saturated heterocycles. The molecule has 0 saturated carbocycles. The maximum Gasteiger partial charge on any atom is 0.513 e. The fourth-order valence-corrected chi connectivity index (χ4v) is 0.725. The van der Waals surface area contributed by atoms with Crippen molar-refractivity contribution in [3.8, 4) is 0 Å². The van der Waals surface area contributed by atoms with Crippen LogP contribution in [0.25, 0.3) is 0 Å². The lowest BCUT2D eigenvalue weighted by Gasteiger charge is -2.42. The summed E-state index contributed by atoms with van der Waals surface area (Å²) in [5, 5.41) is 27.7. The van der Waals surface area contributed by atoms with Crippen molar-refractivity contribution in [2.75, 3.05) is 0 Å². The van der Waals surface area contributed by atoms with Crippen molar-refractivity contribution in [2.45, 2.75) is 31.5 Å². The molecule has 0 spiro atoms. The van der Waals surface area contributed by atoms with Gasteiger partial charge in [0, 0.05) is 6.92 Å². The molecule has 0 aromatic heterocycles. The van der Waals surface area contributed by atoms with E-state index in [1.54, 1.807) is 0 Å². The molecule has 1 fully saturated rings. The number of rotatable bonds is 0. The third-order valence-corrected chi connectivity index (χ3v) is 1.91. The van der Waals surface area contributed by atoms with E-state index < -0.39 is 23.8 Å². The lowest BCUT2D eigenvalue weighted by atomic mass is 9.95. The SMILES string of the molecule is CC1(O)OC(=O)OC(O)C1(C)O. The lowest BCUT2D eigenvalue weighted by Crippen LogP contribution is -2.64. The maximum atomic E-state index is 10.5. The highest BCUT2D eigenvalue weighted by Gasteiger charge is 2.56. The summed E-state index contributed by atoms with van der Waals surface area (Å²) in [4.78, 5) is 10.5. The van der Waals surface area contributed by atoms with E-state index in [9.17, 15) is 15.0 Å². The van der Waals surface area contributed by atoms with Crippen LogP contribution in [0.5, 0.6) is 0 Å². The number of aliphatic hydroxyl groups excluding tert-OH is 1. The van der Waals surface area contributed by atoms with Crippen molar-refractivity contribution in [3.63, 3.8) is 0 Å². The molecule has 0 amide bonds. The van der Waals surface area contributed by atoms with Crippen LogP contribution in [0.4, 0.5) is 4.79 Å². The molecule has 6 nitrogen and oxygen atoms in total. The first-order valence-electron chi connectivity index (χ1n) is 3.30. The van der Waals surface area contributed by atoms with Gasteiger partial charge in [0.2, 0.25) is 12.1 Å². The van der Waals surface area contributed by atoms with Crippen LogP contribution in [0.3, 0.4) is 0 Å². The molecular formula is C6H10O6. The van der Waals surface area contributed by atoms with Gasteiger partial charge >= 0.3 is 6.16 Å². The van der Waals surface area contributed by atoms with Crippen LogP contribution >= 0.6 is 0 Å². The second kappa shape index (κ2) is 2.32. The zero-order valence-corrected chi connectivity index (χ0v) is 6.64. The Morgan fingerprint density at radius 1 is 1.42 bits per heavy atom. The molecule has 0 radical (unpaired) electrons. The van der Waals surface area contributed by atoms with E-state index in [2.05, 4.69) is 9.47 Å². The van der Waals surface area contributed by atoms with Crippen molar-refractivity contribution in [1.29, 1.82) is 0 Å². The van der Waals surface area contributed by atoms with Crippen molar-refractivity contribution < 1.29 is 29.6 Å². The minimum atomic E-state index is -2.15. The summed E-state index contributed by atoms with van der Waals surface area (Å²) in [5.74, 6) is -2.15. The highest BCUT2D eigenvalue weighted by atomic mass is 16.8. The molecule has 0 aromatic carbocycles. The average molecular weight is 178 g/mol. The van der Waals surface area contributed by atoms with Gasteiger partial charge in [0.1, 0.15) is 0 Å². The van der Waals surface area contributed by atoms with E-state index in [1.165, 1.54) is 0 Å². The molecule has 3 atom stereocenters. The van der Waals surface area contributed by atoms with E-state index in [0.717, 1.165) is 13.8 Å². The van der Waals surface area contributed by atoms with Gasteiger partial charge in [-0.15, -0.1) is 0 Å². The molecular weight excluding hydrogens is 168 g/mol. The van der Waals surface area contributed by atoms with Crippen molar-refractivity contribution in [2.24, 2.45) is 0 Å². The second-order valence-corrected chi connectivity index (χ2v) is 2.95. The fraction of sp³-hybridized carbons (Fsp3) is 0.833. The van der Waals surface area contributed by atoms with Crippen LogP contribution in [0.15, 0.2) is 0 Å². The van der Waals surface area contributed by atoms with Crippen LogP contribution < -0.4 is 0 Å². The van der Waals surface area contributed by atoms with E-state index in [-0.39, 0.29) is 0 Å². The van der Waals surface area contributed by atoms with Gasteiger partial charge in [-0.2, -0.15) is 0 Å². The van der Waals surface area contributed by atoms with Gasteiger partial charge < -0.3 is 24.8 Å². The minimum absolute atomic E-state index is 1.05. The minimum Gasteiger partial charge on any atom is -0.401 e. The van der Waals surface area contributed by atoms with E-state index >= 15 is 0 Å². The van der Waals surface area contributed by atoms with Gasteiger partial charge in [0.05, 0.1) is 0 Å². The highest BCUT2D eigenvalue weighted by Crippen LogP contribution is 2.31. The zero-order chi connectivity index (χ0) is 9.57. The Morgan fingerprint density at radius 2 is 1.92 bits per heavy atom. The Kier molecular flexibility index (Phi) is 1.78. The quantitative estimate of drug-likeness (QED) is 0.409. The second-order valence-electron chi connectivity index (χ2n) is 2.95. The summed E-state index contributed by atoms with van der Waals surface area (Å²) in [6.45, 7) is 2.14. The Hall–Kier alpha value is -0.850. The Bertz CT molecular complexity index is 208. The molecule has 1 rings (SSSR count). The Balaban J connectivity index is 2.94. The summed E-state index contributed by atoms with van der Waals surface area (Å²) in [5.41, 5.74) is -2.04. The molecule has 70 valence electrons. The standard InChI is InChI=1S/C6H10O6/c1-5(9)3(7)11-4(8)12-6(5,2)10/h3,7,9-10H,1-2H3. The summed E-state index contributed by atoms with van der Waals surface area (Å²) in [6, 6.07) is 0. The third kappa shape index (κ3) is 1.13. The smallest absolute Gasteiger partial charge is 0.401 e. The normalized spacial score (nSPS) is 48.1. The molecule has 1 heterocycles. The number of hydrogen-bond acceptors (Lipinski definition) is 6. The van der Waals surface area contributed by atoms with E-state index in [1.807, 2.05) is 0 Å². The largest absolute Gasteiger partial charge is 0.513 e. The molecule has 1 aliphatic heterocycles. The number of cyclic esters (lactones) is 2. The molecule has 1 aliphatic rings. The number of carbonyl (C=O) groups excluding carboxylic acids is 1. The van der Waals surface area contributed by atoms with Gasteiger partial charge in [-0.05, 0) is 6.92 Å². The Morgan fingerprint density at radius 3 is 2.33 bits per heavy atom. The number of hydrogen-bond donors (Lipinski definition) is 3. The van der Waals surface area contributed by atoms with Gasteiger partial charge in [0.25, 0.3) is 0 Å². The lowest BCUT2D eigenvalue weighted by molar-refractivity contribution is -0.355. The third-order valence-electron chi connectivity index (χ3n) is 1.91. The summed E-state index contributed by atoms with van der Waals surface area (Å²) < 4.78 is 8.37. The van der Waals surface area contributed by atoms with Crippen molar-refractivity contribution >= 4 is 6.16 Å². The average Bonchev–Trinajstić information content (AvgIpc) is 1.82. The van der Waals surface area contributed by atoms with Crippen LogP contribution in [0, 0.1) is 0 Å². The van der Waals surface area contributed by atoms with Gasteiger partial charge in [0.15, 0.2) is 5.60 Å². The molecule has 12 heavy (non-hydrogen) atoms. The molecule has 3 unspecified atom stereocenters. The monoisotopic (exact) mass is 178 g/mol. The molecule has 0 aliphatic carbocycles. The van der Waals surface area contributed by atoms with Crippen molar-refractivity contribution in [3.05, 3.63) is 0 Å². The first kappa shape index (κ1) is 9.24. The predicted octanol–water partition coefficient (Wildman–Crippen LogP) is -1.07. The topological polar surface area (TPSA) is 96.2 Å². The molecule has 0 bridgehead atoms. The molecule has 3 N–H and O–H groups in total. The van der Waals surface area contributed by atoms with Crippen LogP contribution in [0.2, 0.25) is 0 Å². The fourth-order valence-electron chi connectivity index (χ4n) is 0.725. The van der Waals surface area contributed by atoms with Crippen LogP contribution in [-0.2, 0) is 9.47 Å². The van der Waals surface area contributed by atoms with Gasteiger partial charge in [-0.25, -0.2) is 4.79 Å². The molecule has 0 aromatic rings. The zero-order valence-electron chi connectivity index (χ0n) is 6.64. The number of aliphatic hydroxyl groups is 3. The van der Waals surface area contributed by atoms with Crippen LogP contribution in [0.1, 0.15) is 13.8 Å². The first-order chi connectivity index (χ1) is 5.27. The van der Waals surface area contributed by atoms with Crippen molar-refractivity contribution in [1.82, 2.24) is 0 Å². The van der Waals surface area contributed by atoms with E-state index in [4.69, 9.17) is 5.11 Å².